The van der Waals surface area contributed by atoms with Gasteiger partial charge in [0.1, 0.15) is 4.88 Å². The highest BCUT2D eigenvalue weighted by molar-refractivity contribution is 7.80. The summed E-state index contributed by atoms with van der Waals surface area (Å²) in [6.45, 7) is 6.20. The number of thiocarbonyl (C=S) groups is 1. The van der Waals surface area contributed by atoms with Crippen LogP contribution in [0.4, 0.5) is 0 Å². The van der Waals surface area contributed by atoms with Gasteiger partial charge in [-0.15, -0.1) is 5.10 Å². The minimum absolute atomic E-state index is 0.0376. The molecule has 0 aromatic carbocycles. The molecule has 1 heterocycles. The first-order valence-corrected chi connectivity index (χ1v) is 7.06. The molecule has 0 aliphatic rings. The maximum absolute atomic E-state index is 12.4. The lowest BCUT2D eigenvalue weighted by Gasteiger charge is -2.25. The number of hydrogen-bond acceptors (Lipinski definition) is 5. The van der Waals surface area contributed by atoms with Crippen molar-refractivity contribution in [3.63, 3.8) is 0 Å². The van der Waals surface area contributed by atoms with Gasteiger partial charge in [-0.2, -0.15) is 0 Å². The Labute approximate surface area is 117 Å². The molecule has 1 rings (SSSR count). The molecule has 0 saturated heterocycles. The van der Waals surface area contributed by atoms with Crippen molar-refractivity contribution in [2.75, 3.05) is 6.54 Å². The van der Waals surface area contributed by atoms with Crippen LogP contribution in [-0.4, -0.2) is 38.0 Å². The SMILES string of the molecule is CCCc1nnsc1C(=O)N(CC(N)=S)C(C)C. The summed E-state index contributed by atoms with van der Waals surface area (Å²) in [5.74, 6) is -0.0868. The Morgan fingerprint density at radius 3 is 2.72 bits per heavy atom. The molecular formula is C11H18N4OS2. The van der Waals surface area contributed by atoms with E-state index < -0.39 is 0 Å². The lowest BCUT2D eigenvalue weighted by Crippen LogP contribution is -2.42. The Bertz CT molecular complexity index is 430. The number of carbonyl (C=O) groups is 1. The summed E-state index contributed by atoms with van der Waals surface area (Å²) in [6.07, 6.45) is 1.69. The molecule has 1 amide bonds. The average molecular weight is 286 g/mol. The van der Waals surface area contributed by atoms with Gasteiger partial charge in [0.15, 0.2) is 0 Å². The van der Waals surface area contributed by atoms with E-state index >= 15 is 0 Å². The van der Waals surface area contributed by atoms with E-state index in [0.29, 0.717) is 9.87 Å². The van der Waals surface area contributed by atoms with Crippen LogP contribution in [0.5, 0.6) is 0 Å². The molecular weight excluding hydrogens is 268 g/mol. The minimum atomic E-state index is -0.0868. The predicted octanol–water partition coefficient (Wildman–Crippen LogP) is 1.63. The van der Waals surface area contributed by atoms with E-state index in [1.165, 1.54) is 0 Å². The summed E-state index contributed by atoms with van der Waals surface area (Å²) in [6, 6.07) is 0.0376. The lowest BCUT2D eigenvalue weighted by molar-refractivity contribution is 0.0740. The van der Waals surface area contributed by atoms with Gasteiger partial charge in [-0.05, 0) is 31.8 Å². The third-order valence-electron chi connectivity index (χ3n) is 2.45. The fraction of sp³-hybridized carbons (Fsp3) is 0.636. The van der Waals surface area contributed by atoms with Gasteiger partial charge in [-0.25, -0.2) is 0 Å². The van der Waals surface area contributed by atoms with Gasteiger partial charge >= 0.3 is 0 Å². The van der Waals surface area contributed by atoms with E-state index in [9.17, 15) is 4.79 Å². The molecule has 18 heavy (non-hydrogen) atoms. The third kappa shape index (κ3) is 3.71. The van der Waals surface area contributed by atoms with Crippen molar-refractivity contribution in [2.45, 2.75) is 39.7 Å². The predicted molar refractivity (Wildman–Crippen MR) is 76.9 cm³/mol. The van der Waals surface area contributed by atoms with Crippen LogP contribution in [0.1, 0.15) is 42.6 Å². The second kappa shape index (κ2) is 6.75. The standard InChI is InChI=1S/C11H18N4OS2/c1-4-5-8-10(18-14-13-8)11(16)15(7(2)3)6-9(12)17/h7H,4-6H2,1-3H3,(H2,12,17). The Kier molecular flexibility index (Phi) is 5.61. The number of carbonyl (C=O) groups excluding carboxylic acids is 1. The molecule has 1 aromatic heterocycles. The van der Waals surface area contributed by atoms with Crippen LogP contribution < -0.4 is 5.73 Å². The number of nitrogens with two attached hydrogens (primary N) is 1. The molecule has 0 spiro atoms. The second-order valence-corrected chi connectivity index (χ2v) is 5.57. The van der Waals surface area contributed by atoms with Crippen LogP contribution in [0, 0.1) is 0 Å². The van der Waals surface area contributed by atoms with E-state index in [0.717, 1.165) is 30.1 Å². The van der Waals surface area contributed by atoms with Gasteiger partial charge < -0.3 is 10.6 Å². The summed E-state index contributed by atoms with van der Waals surface area (Å²) < 4.78 is 3.86. The molecule has 0 aliphatic carbocycles. The molecule has 5 nitrogen and oxygen atoms in total. The average Bonchev–Trinajstić information content (AvgIpc) is 2.73. The van der Waals surface area contributed by atoms with E-state index in [-0.39, 0.29) is 18.5 Å². The van der Waals surface area contributed by atoms with Crippen molar-refractivity contribution in [2.24, 2.45) is 5.73 Å². The van der Waals surface area contributed by atoms with Crippen LogP contribution in [0.3, 0.4) is 0 Å². The monoisotopic (exact) mass is 286 g/mol. The van der Waals surface area contributed by atoms with Gasteiger partial charge in [-0.1, -0.05) is 30.1 Å². The van der Waals surface area contributed by atoms with Gasteiger partial charge in [0, 0.05) is 6.04 Å². The molecule has 0 saturated carbocycles. The first-order chi connectivity index (χ1) is 8.47. The summed E-state index contributed by atoms with van der Waals surface area (Å²) in [5.41, 5.74) is 6.29. The highest BCUT2D eigenvalue weighted by atomic mass is 32.1. The summed E-state index contributed by atoms with van der Waals surface area (Å²) in [5, 5.41) is 4.00. The number of rotatable bonds is 6. The number of nitrogens with zero attached hydrogens (tertiary/aromatic N) is 3. The fourth-order valence-corrected chi connectivity index (χ4v) is 2.36. The van der Waals surface area contributed by atoms with Gasteiger partial charge in [0.05, 0.1) is 17.2 Å². The normalized spacial score (nSPS) is 10.7. The zero-order chi connectivity index (χ0) is 13.7. The smallest absolute Gasteiger partial charge is 0.268 e. The largest absolute Gasteiger partial charge is 0.392 e. The van der Waals surface area contributed by atoms with Crippen LogP contribution in [0.2, 0.25) is 0 Å². The molecule has 2 N–H and O–H groups in total. The Morgan fingerprint density at radius 2 is 2.22 bits per heavy atom. The third-order valence-corrected chi connectivity index (χ3v) is 3.33. The van der Waals surface area contributed by atoms with Crippen molar-refractivity contribution in [1.82, 2.24) is 14.5 Å². The summed E-state index contributed by atoms with van der Waals surface area (Å²) in [4.78, 5) is 15.0. The van der Waals surface area contributed by atoms with Crippen molar-refractivity contribution in [3.8, 4) is 0 Å². The highest BCUT2D eigenvalue weighted by Crippen LogP contribution is 2.16. The summed E-state index contributed by atoms with van der Waals surface area (Å²) >= 11 is 6.01. The Hall–Kier alpha value is -1.08. The lowest BCUT2D eigenvalue weighted by atomic mass is 10.2. The zero-order valence-corrected chi connectivity index (χ0v) is 12.5. The van der Waals surface area contributed by atoms with E-state index in [4.69, 9.17) is 18.0 Å². The maximum atomic E-state index is 12.4. The van der Waals surface area contributed by atoms with E-state index in [1.807, 2.05) is 20.8 Å². The number of hydrogen-bond donors (Lipinski definition) is 1. The van der Waals surface area contributed by atoms with Crippen molar-refractivity contribution >= 4 is 34.6 Å². The van der Waals surface area contributed by atoms with Crippen LogP contribution in [-0.2, 0) is 6.42 Å². The van der Waals surface area contributed by atoms with Crippen molar-refractivity contribution < 1.29 is 4.79 Å². The van der Waals surface area contributed by atoms with Gasteiger partial charge in [0.2, 0.25) is 0 Å². The van der Waals surface area contributed by atoms with Crippen LogP contribution >= 0.6 is 23.8 Å². The second-order valence-electron chi connectivity index (χ2n) is 4.29. The molecule has 1 aromatic rings. The highest BCUT2D eigenvalue weighted by Gasteiger charge is 2.24. The van der Waals surface area contributed by atoms with Crippen LogP contribution in [0.15, 0.2) is 0 Å². The first kappa shape index (κ1) is 15.0. The van der Waals surface area contributed by atoms with Crippen molar-refractivity contribution in [1.29, 1.82) is 0 Å². The zero-order valence-electron chi connectivity index (χ0n) is 10.8. The quantitative estimate of drug-likeness (QED) is 0.805. The topological polar surface area (TPSA) is 72.1 Å². The van der Waals surface area contributed by atoms with Crippen LogP contribution in [0.25, 0.3) is 0 Å². The Balaban J connectivity index is 2.94. The van der Waals surface area contributed by atoms with E-state index in [1.54, 1.807) is 4.90 Å². The molecule has 0 atom stereocenters. The minimum Gasteiger partial charge on any atom is -0.392 e. The molecule has 7 heteroatoms. The molecule has 0 unspecified atom stereocenters. The maximum Gasteiger partial charge on any atom is 0.268 e. The molecule has 0 bridgehead atoms. The number of amides is 1. The summed E-state index contributed by atoms with van der Waals surface area (Å²) in [7, 11) is 0. The van der Waals surface area contributed by atoms with Crippen molar-refractivity contribution in [3.05, 3.63) is 10.6 Å². The number of aromatic nitrogens is 2. The molecule has 0 fully saturated rings. The molecule has 100 valence electrons. The first-order valence-electron chi connectivity index (χ1n) is 5.87. The molecule has 0 aliphatic heterocycles. The Morgan fingerprint density at radius 1 is 1.56 bits per heavy atom. The van der Waals surface area contributed by atoms with Gasteiger partial charge in [0.25, 0.3) is 5.91 Å². The van der Waals surface area contributed by atoms with Gasteiger partial charge in [-0.3, -0.25) is 4.79 Å². The van der Waals surface area contributed by atoms with E-state index in [2.05, 4.69) is 9.59 Å². The molecule has 0 radical (unpaired) electrons. The fourth-order valence-electron chi connectivity index (χ4n) is 1.56. The number of aryl methyl sites for hydroxylation is 1.